The predicted octanol–water partition coefficient (Wildman–Crippen LogP) is 3.51. The maximum atomic E-state index is 13.5. The van der Waals surface area contributed by atoms with Crippen molar-refractivity contribution in [2.24, 2.45) is 0 Å². The number of carbonyl (C=O) groups is 1. The summed E-state index contributed by atoms with van der Waals surface area (Å²) in [6.45, 7) is 0.110. The van der Waals surface area contributed by atoms with Gasteiger partial charge in [-0.25, -0.2) is 9.18 Å². The average molecular weight is 302 g/mol. The second-order valence-corrected chi connectivity index (χ2v) is 4.46. The lowest BCUT2D eigenvalue weighted by Gasteiger charge is -2.11. The van der Waals surface area contributed by atoms with Gasteiger partial charge in [0.05, 0.1) is 7.11 Å². The standard InChI is InChI=1S/C17H15FO4/c1-21-15-8-6-12(7-9-17(19)20)10-13(15)11-22-16-5-3-2-4-14(16)18/h2-10H,11H2,1H3,(H,19,20)/b9-7+. The number of ether oxygens (including phenoxy) is 2. The first-order valence-corrected chi connectivity index (χ1v) is 6.55. The van der Waals surface area contributed by atoms with Crippen molar-refractivity contribution in [1.82, 2.24) is 0 Å². The third-order valence-electron chi connectivity index (χ3n) is 2.94. The SMILES string of the molecule is COc1ccc(/C=C/C(=O)O)cc1COc1ccccc1F. The molecule has 0 saturated heterocycles. The van der Waals surface area contributed by atoms with Crippen molar-refractivity contribution in [2.75, 3.05) is 7.11 Å². The first kappa shape index (κ1) is 15.6. The molecule has 114 valence electrons. The molecule has 0 spiro atoms. The van der Waals surface area contributed by atoms with Gasteiger partial charge >= 0.3 is 5.97 Å². The maximum Gasteiger partial charge on any atom is 0.328 e. The van der Waals surface area contributed by atoms with Crippen LogP contribution < -0.4 is 9.47 Å². The Morgan fingerprint density at radius 2 is 2.00 bits per heavy atom. The van der Waals surface area contributed by atoms with Gasteiger partial charge in [0.25, 0.3) is 0 Å². The second-order valence-electron chi connectivity index (χ2n) is 4.46. The van der Waals surface area contributed by atoms with Crippen molar-refractivity contribution in [3.8, 4) is 11.5 Å². The molecule has 0 amide bonds. The van der Waals surface area contributed by atoms with Crippen LogP contribution in [0.4, 0.5) is 4.39 Å². The van der Waals surface area contributed by atoms with Crippen LogP contribution in [-0.4, -0.2) is 18.2 Å². The maximum absolute atomic E-state index is 13.5. The van der Waals surface area contributed by atoms with Gasteiger partial charge in [-0.1, -0.05) is 18.2 Å². The van der Waals surface area contributed by atoms with E-state index in [0.29, 0.717) is 16.9 Å². The molecule has 0 unspecified atom stereocenters. The highest BCUT2D eigenvalue weighted by molar-refractivity contribution is 5.85. The number of para-hydroxylation sites is 1. The molecule has 0 aliphatic rings. The van der Waals surface area contributed by atoms with Gasteiger partial charge in [0.2, 0.25) is 0 Å². The van der Waals surface area contributed by atoms with Crippen LogP contribution in [0.2, 0.25) is 0 Å². The smallest absolute Gasteiger partial charge is 0.328 e. The van der Waals surface area contributed by atoms with E-state index in [0.717, 1.165) is 6.08 Å². The van der Waals surface area contributed by atoms with Gasteiger partial charge in [-0.15, -0.1) is 0 Å². The Morgan fingerprint density at radius 3 is 2.68 bits per heavy atom. The van der Waals surface area contributed by atoms with Crippen molar-refractivity contribution < 1.29 is 23.8 Å². The van der Waals surface area contributed by atoms with Crippen molar-refractivity contribution in [3.05, 3.63) is 65.5 Å². The quantitative estimate of drug-likeness (QED) is 0.830. The number of rotatable bonds is 6. The lowest BCUT2D eigenvalue weighted by atomic mass is 10.1. The minimum absolute atomic E-state index is 0.110. The molecule has 4 nitrogen and oxygen atoms in total. The van der Waals surface area contributed by atoms with Crippen LogP contribution >= 0.6 is 0 Å². The minimum Gasteiger partial charge on any atom is -0.496 e. The van der Waals surface area contributed by atoms with E-state index in [4.69, 9.17) is 14.6 Å². The zero-order chi connectivity index (χ0) is 15.9. The van der Waals surface area contributed by atoms with E-state index in [2.05, 4.69) is 0 Å². The summed E-state index contributed by atoms with van der Waals surface area (Å²) in [7, 11) is 1.52. The first-order chi connectivity index (χ1) is 10.6. The summed E-state index contributed by atoms with van der Waals surface area (Å²) in [5.41, 5.74) is 1.38. The molecule has 0 fully saturated rings. The molecule has 0 bridgehead atoms. The number of carboxylic acid groups (broad SMARTS) is 1. The van der Waals surface area contributed by atoms with Crippen LogP contribution in [0.1, 0.15) is 11.1 Å². The fraction of sp³-hybridized carbons (Fsp3) is 0.118. The summed E-state index contributed by atoms with van der Waals surface area (Å²) in [5, 5.41) is 8.65. The van der Waals surface area contributed by atoms with E-state index in [1.54, 1.807) is 30.3 Å². The van der Waals surface area contributed by atoms with Crippen LogP contribution in [-0.2, 0) is 11.4 Å². The van der Waals surface area contributed by atoms with Gasteiger partial charge in [-0.2, -0.15) is 0 Å². The van der Waals surface area contributed by atoms with Crippen LogP contribution in [0.25, 0.3) is 6.08 Å². The van der Waals surface area contributed by atoms with E-state index >= 15 is 0 Å². The molecule has 0 aromatic heterocycles. The normalized spacial score (nSPS) is 10.6. The molecule has 0 heterocycles. The highest BCUT2D eigenvalue weighted by atomic mass is 19.1. The molecular formula is C17H15FO4. The van der Waals surface area contributed by atoms with Crippen LogP contribution in [0.3, 0.4) is 0 Å². The second kappa shape index (κ2) is 7.26. The fourth-order valence-corrected chi connectivity index (χ4v) is 1.90. The van der Waals surface area contributed by atoms with Gasteiger partial charge in [0.15, 0.2) is 11.6 Å². The zero-order valence-corrected chi connectivity index (χ0v) is 12.0. The molecular weight excluding hydrogens is 287 g/mol. The van der Waals surface area contributed by atoms with Crippen molar-refractivity contribution in [2.45, 2.75) is 6.61 Å². The van der Waals surface area contributed by atoms with Gasteiger partial charge in [0, 0.05) is 11.6 Å². The fourth-order valence-electron chi connectivity index (χ4n) is 1.90. The molecule has 2 rings (SSSR count). The number of methoxy groups -OCH3 is 1. The molecule has 0 saturated carbocycles. The molecule has 2 aromatic carbocycles. The average Bonchev–Trinajstić information content (AvgIpc) is 2.52. The molecule has 1 N–H and O–H groups in total. The van der Waals surface area contributed by atoms with E-state index in [1.807, 2.05) is 0 Å². The summed E-state index contributed by atoms with van der Waals surface area (Å²) in [4.78, 5) is 10.6. The third kappa shape index (κ3) is 4.09. The van der Waals surface area contributed by atoms with E-state index in [-0.39, 0.29) is 12.4 Å². The van der Waals surface area contributed by atoms with Crippen LogP contribution in [0.5, 0.6) is 11.5 Å². The monoisotopic (exact) mass is 302 g/mol. The Hall–Kier alpha value is -2.82. The predicted molar refractivity (Wildman–Crippen MR) is 80.4 cm³/mol. The molecule has 2 aromatic rings. The Balaban J connectivity index is 2.19. The Labute approximate surface area is 127 Å². The van der Waals surface area contributed by atoms with E-state index in [1.165, 1.54) is 25.3 Å². The Kier molecular flexibility index (Phi) is 5.14. The molecule has 0 radical (unpaired) electrons. The molecule has 0 atom stereocenters. The molecule has 5 heteroatoms. The number of halogens is 1. The van der Waals surface area contributed by atoms with Gasteiger partial charge in [-0.05, 0) is 35.9 Å². The van der Waals surface area contributed by atoms with E-state index < -0.39 is 11.8 Å². The lowest BCUT2D eigenvalue weighted by Crippen LogP contribution is -2.00. The number of aliphatic carboxylic acids is 1. The van der Waals surface area contributed by atoms with E-state index in [9.17, 15) is 9.18 Å². The molecule has 0 aliphatic carbocycles. The highest BCUT2D eigenvalue weighted by Crippen LogP contribution is 2.24. The summed E-state index contributed by atoms with van der Waals surface area (Å²) in [5.74, 6) is -0.733. The molecule has 22 heavy (non-hydrogen) atoms. The topological polar surface area (TPSA) is 55.8 Å². The van der Waals surface area contributed by atoms with Gasteiger partial charge < -0.3 is 14.6 Å². The number of hydrogen-bond donors (Lipinski definition) is 1. The zero-order valence-electron chi connectivity index (χ0n) is 12.0. The number of hydrogen-bond acceptors (Lipinski definition) is 3. The Morgan fingerprint density at radius 1 is 1.23 bits per heavy atom. The first-order valence-electron chi connectivity index (χ1n) is 6.55. The third-order valence-corrected chi connectivity index (χ3v) is 2.94. The van der Waals surface area contributed by atoms with Crippen molar-refractivity contribution >= 4 is 12.0 Å². The van der Waals surface area contributed by atoms with Crippen molar-refractivity contribution in [1.29, 1.82) is 0 Å². The number of benzene rings is 2. The van der Waals surface area contributed by atoms with Crippen LogP contribution in [0, 0.1) is 5.82 Å². The number of carboxylic acids is 1. The summed E-state index contributed by atoms with van der Waals surface area (Å²) >= 11 is 0. The summed E-state index contributed by atoms with van der Waals surface area (Å²) < 4.78 is 24.2. The highest BCUT2D eigenvalue weighted by Gasteiger charge is 2.07. The van der Waals surface area contributed by atoms with Gasteiger partial charge in [0.1, 0.15) is 12.4 Å². The minimum atomic E-state index is -1.03. The molecule has 0 aliphatic heterocycles. The largest absolute Gasteiger partial charge is 0.496 e. The Bertz CT molecular complexity index is 695. The van der Waals surface area contributed by atoms with Crippen LogP contribution in [0.15, 0.2) is 48.5 Å². The van der Waals surface area contributed by atoms with Crippen molar-refractivity contribution in [3.63, 3.8) is 0 Å². The lowest BCUT2D eigenvalue weighted by molar-refractivity contribution is -0.131. The van der Waals surface area contributed by atoms with Gasteiger partial charge in [-0.3, -0.25) is 0 Å². The summed E-state index contributed by atoms with van der Waals surface area (Å²) in [6.07, 6.45) is 2.51. The summed E-state index contributed by atoms with van der Waals surface area (Å²) in [6, 6.07) is 11.3.